The summed E-state index contributed by atoms with van der Waals surface area (Å²) in [6, 6.07) is 2.57. The van der Waals surface area contributed by atoms with Gasteiger partial charge < -0.3 is 15.4 Å². The van der Waals surface area contributed by atoms with Gasteiger partial charge >= 0.3 is 0 Å². The lowest BCUT2D eigenvalue weighted by Gasteiger charge is -2.27. The van der Waals surface area contributed by atoms with E-state index in [0.29, 0.717) is 6.61 Å². The number of rotatable bonds is 4. The van der Waals surface area contributed by atoms with Crippen molar-refractivity contribution in [2.45, 2.75) is 25.4 Å². The van der Waals surface area contributed by atoms with Gasteiger partial charge in [-0.15, -0.1) is 0 Å². The fraction of sp³-hybridized carbons (Fsp3) is 0.538. The maximum atomic E-state index is 13.7. The number of anilines is 1. The summed E-state index contributed by atoms with van der Waals surface area (Å²) in [5, 5.41) is 6.32. The van der Waals surface area contributed by atoms with Crippen molar-refractivity contribution in [1.82, 2.24) is 5.32 Å². The molecule has 1 saturated heterocycles. The number of nitrogens with one attached hydrogen (secondary N) is 2. The maximum Gasteiger partial charge on any atom is 0.147 e. The minimum Gasteiger partial charge on any atom is -0.380 e. The van der Waals surface area contributed by atoms with Crippen LogP contribution in [0.2, 0.25) is 0 Å². The molecule has 0 bridgehead atoms. The average Bonchev–Trinajstić information content (AvgIpc) is 2.37. The molecule has 0 aromatic heterocycles. The highest BCUT2D eigenvalue weighted by Gasteiger charge is 2.17. The molecule has 106 valence electrons. The van der Waals surface area contributed by atoms with Crippen LogP contribution < -0.4 is 10.6 Å². The Labute approximate surface area is 119 Å². The minimum atomic E-state index is -0.477. The second kappa shape index (κ2) is 6.63. The van der Waals surface area contributed by atoms with Gasteiger partial charge in [0, 0.05) is 24.7 Å². The first kappa shape index (κ1) is 14.7. The normalized spacial score (nSPS) is 21.2. The van der Waals surface area contributed by atoms with E-state index < -0.39 is 11.6 Å². The van der Waals surface area contributed by atoms with E-state index in [-0.39, 0.29) is 22.2 Å². The summed E-state index contributed by atoms with van der Waals surface area (Å²) in [6.45, 7) is 4.16. The van der Waals surface area contributed by atoms with E-state index >= 15 is 0 Å². The number of halogens is 3. The predicted molar refractivity (Wildman–Crippen MR) is 74.4 cm³/mol. The van der Waals surface area contributed by atoms with Crippen molar-refractivity contribution in [3.8, 4) is 0 Å². The molecule has 6 heteroatoms. The van der Waals surface area contributed by atoms with Gasteiger partial charge in [0.25, 0.3) is 0 Å². The van der Waals surface area contributed by atoms with Crippen LogP contribution in [0.4, 0.5) is 14.5 Å². The lowest BCUT2D eigenvalue weighted by Crippen LogP contribution is -2.43. The number of morpholine rings is 1. The smallest absolute Gasteiger partial charge is 0.147 e. The molecular formula is C13H17BrF2N2O. The molecule has 1 fully saturated rings. The van der Waals surface area contributed by atoms with Gasteiger partial charge in [-0.25, -0.2) is 8.78 Å². The van der Waals surface area contributed by atoms with E-state index in [9.17, 15) is 8.78 Å². The summed E-state index contributed by atoms with van der Waals surface area (Å²) in [6.07, 6.45) is 0.789. The van der Waals surface area contributed by atoms with E-state index in [4.69, 9.17) is 4.74 Å². The van der Waals surface area contributed by atoms with Gasteiger partial charge in [-0.2, -0.15) is 0 Å². The Hall–Kier alpha value is -0.720. The van der Waals surface area contributed by atoms with Gasteiger partial charge in [0.05, 0.1) is 23.4 Å². The Kier molecular flexibility index (Phi) is 5.13. The zero-order valence-corrected chi connectivity index (χ0v) is 12.3. The highest BCUT2D eigenvalue weighted by molar-refractivity contribution is 9.10. The lowest BCUT2D eigenvalue weighted by atomic mass is 10.1. The van der Waals surface area contributed by atoms with Crippen LogP contribution in [0.25, 0.3) is 0 Å². The summed E-state index contributed by atoms with van der Waals surface area (Å²) in [7, 11) is 0. The second-order valence-corrected chi connectivity index (χ2v) is 5.61. The van der Waals surface area contributed by atoms with Crippen molar-refractivity contribution in [2.75, 3.05) is 25.1 Å². The Balaban J connectivity index is 1.94. The number of ether oxygens (including phenoxy) is 1. The second-order valence-electron chi connectivity index (χ2n) is 4.75. The SMILES string of the molecule is CC(CC1COCCN1)Nc1cc(F)c(Br)cc1F. The van der Waals surface area contributed by atoms with Gasteiger partial charge in [-0.05, 0) is 35.3 Å². The van der Waals surface area contributed by atoms with Crippen LogP contribution in [0.3, 0.4) is 0 Å². The van der Waals surface area contributed by atoms with Crippen LogP contribution in [-0.2, 0) is 4.74 Å². The molecule has 3 nitrogen and oxygen atoms in total. The molecule has 2 unspecified atom stereocenters. The molecule has 1 aromatic carbocycles. The molecule has 0 spiro atoms. The van der Waals surface area contributed by atoms with E-state index in [1.165, 1.54) is 6.07 Å². The third kappa shape index (κ3) is 4.12. The van der Waals surface area contributed by atoms with E-state index in [2.05, 4.69) is 26.6 Å². The largest absolute Gasteiger partial charge is 0.380 e. The fourth-order valence-electron chi connectivity index (χ4n) is 2.16. The molecule has 0 saturated carbocycles. The van der Waals surface area contributed by atoms with Crippen LogP contribution in [-0.4, -0.2) is 31.8 Å². The number of benzene rings is 1. The highest BCUT2D eigenvalue weighted by Crippen LogP contribution is 2.24. The van der Waals surface area contributed by atoms with Gasteiger partial charge in [-0.1, -0.05) is 0 Å². The van der Waals surface area contributed by atoms with Crippen LogP contribution >= 0.6 is 15.9 Å². The van der Waals surface area contributed by atoms with Crippen LogP contribution in [0.5, 0.6) is 0 Å². The number of hydrogen-bond acceptors (Lipinski definition) is 3. The third-order valence-electron chi connectivity index (χ3n) is 3.05. The molecule has 2 atom stereocenters. The lowest BCUT2D eigenvalue weighted by molar-refractivity contribution is 0.0731. The van der Waals surface area contributed by atoms with Crippen molar-refractivity contribution >= 4 is 21.6 Å². The van der Waals surface area contributed by atoms with E-state index in [0.717, 1.165) is 25.6 Å². The predicted octanol–water partition coefficient (Wildman–Crippen LogP) is 2.91. The highest BCUT2D eigenvalue weighted by atomic mass is 79.9. The van der Waals surface area contributed by atoms with Crippen molar-refractivity contribution < 1.29 is 13.5 Å². The van der Waals surface area contributed by atoms with E-state index in [1.54, 1.807) is 0 Å². The Morgan fingerprint density at radius 3 is 2.95 bits per heavy atom. The van der Waals surface area contributed by atoms with Gasteiger partial charge in [-0.3, -0.25) is 0 Å². The molecule has 1 heterocycles. The van der Waals surface area contributed by atoms with Gasteiger partial charge in [0.1, 0.15) is 11.6 Å². The Morgan fingerprint density at radius 2 is 2.26 bits per heavy atom. The molecule has 2 rings (SSSR count). The zero-order valence-electron chi connectivity index (χ0n) is 10.7. The van der Waals surface area contributed by atoms with E-state index in [1.807, 2.05) is 6.92 Å². The summed E-state index contributed by atoms with van der Waals surface area (Å²) in [5.74, 6) is -0.941. The monoisotopic (exact) mass is 334 g/mol. The molecule has 1 aliphatic heterocycles. The molecule has 1 aliphatic rings. The quantitative estimate of drug-likeness (QED) is 0.830. The van der Waals surface area contributed by atoms with Crippen molar-refractivity contribution in [3.05, 3.63) is 28.2 Å². The molecule has 1 aromatic rings. The third-order valence-corrected chi connectivity index (χ3v) is 3.66. The Morgan fingerprint density at radius 1 is 1.47 bits per heavy atom. The van der Waals surface area contributed by atoms with Crippen LogP contribution in [0.15, 0.2) is 16.6 Å². The summed E-state index contributed by atoms with van der Waals surface area (Å²) in [4.78, 5) is 0. The maximum absolute atomic E-state index is 13.7. The van der Waals surface area contributed by atoms with Crippen molar-refractivity contribution in [1.29, 1.82) is 0 Å². The first-order valence-corrected chi connectivity index (χ1v) is 7.07. The minimum absolute atomic E-state index is 0.0225. The summed E-state index contributed by atoms with van der Waals surface area (Å²) in [5.41, 5.74) is 0.185. The summed E-state index contributed by atoms with van der Waals surface area (Å²) >= 11 is 2.96. The van der Waals surface area contributed by atoms with Gasteiger partial charge in [0.2, 0.25) is 0 Å². The Bertz CT molecular complexity index is 439. The van der Waals surface area contributed by atoms with Crippen LogP contribution in [0, 0.1) is 11.6 Å². The fourth-order valence-corrected chi connectivity index (χ4v) is 2.47. The van der Waals surface area contributed by atoms with Crippen LogP contribution in [0.1, 0.15) is 13.3 Å². The molecule has 19 heavy (non-hydrogen) atoms. The summed E-state index contributed by atoms with van der Waals surface area (Å²) < 4.78 is 32.5. The topological polar surface area (TPSA) is 33.3 Å². The molecule has 0 amide bonds. The first-order chi connectivity index (χ1) is 9.06. The molecular weight excluding hydrogens is 318 g/mol. The number of hydrogen-bond donors (Lipinski definition) is 2. The first-order valence-electron chi connectivity index (χ1n) is 6.28. The van der Waals surface area contributed by atoms with Crippen molar-refractivity contribution in [2.24, 2.45) is 0 Å². The van der Waals surface area contributed by atoms with Crippen molar-refractivity contribution in [3.63, 3.8) is 0 Å². The van der Waals surface area contributed by atoms with Gasteiger partial charge in [0.15, 0.2) is 0 Å². The zero-order chi connectivity index (χ0) is 13.8. The standard InChI is InChI=1S/C13H17BrF2N2O/c1-8(4-9-7-19-3-2-17-9)18-13-6-11(15)10(14)5-12(13)16/h5-6,8-9,17-18H,2-4,7H2,1H3. The molecule has 2 N–H and O–H groups in total. The molecule has 0 radical (unpaired) electrons. The average molecular weight is 335 g/mol. The molecule has 0 aliphatic carbocycles.